The summed E-state index contributed by atoms with van der Waals surface area (Å²) in [7, 11) is 1.64. The standard InChI is InChI=1S/C14H17NO2S/c1-3-17-11-7-6-10(9-12(11)16-2)14(15)13-5-4-8-18-13/h4-9,14H,3,15H2,1-2H3/t14-/m0/s1. The zero-order valence-electron chi connectivity index (χ0n) is 10.6. The summed E-state index contributed by atoms with van der Waals surface area (Å²) in [6, 6.07) is 9.76. The minimum Gasteiger partial charge on any atom is -0.493 e. The summed E-state index contributed by atoms with van der Waals surface area (Å²) in [5.74, 6) is 1.48. The number of nitrogens with two attached hydrogens (primary N) is 1. The molecule has 4 heteroatoms. The number of methoxy groups -OCH3 is 1. The minimum atomic E-state index is -0.116. The number of hydrogen-bond acceptors (Lipinski definition) is 4. The summed E-state index contributed by atoms with van der Waals surface area (Å²) >= 11 is 1.66. The molecule has 1 aromatic heterocycles. The monoisotopic (exact) mass is 263 g/mol. The first-order chi connectivity index (χ1) is 8.76. The number of ether oxygens (including phenoxy) is 2. The first-order valence-electron chi connectivity index (χ1n) is 5.86. The topological polar surface area (TPSA) is 44.5 Å². The maximum absolute atomic E-state index is 6.22. The lowest BCUT2D eigenvalue weighted by Crippen LogP contribution is -2.10. The van der Waals surface area contributed by atoms with Gasteiger partial charge in [0.1, 0.15) is 0 Å². The lowest BCUT2D eigenvalue weighted by molar-refractivity contribution is 0.310. The van der Waals surface area contributed by atoms with Crippen LogP contribution in [-0.2, 0) is 0 Å². The zero-order chi connectivity index (χ0) is 13.0. The second-order valence-corrected chi connectivity index (χ2v) is 4.82. The Morgan fingerprint density at radius 1 is 1.28 bits per heavy atom. The highest BCUT2D eigenvalue weighted by atomic mass is 32.1. The SMILES string of the molecule is CCOc1ccc([C@H](N)c2cccs2)cc1OC. The van der Waals surface area contributed by atoms with Crippen molar-refractivity contribution in [3.8, 4) is 11.5 Å². The third-order valence-electron chi connectivity index (χ3n) is 2.70. The van der Waals surface area contributed by atoms with Gasteiger partial charge in [0.15, 0.2) is 11.5 Å². The molecule has 3 nitrogen and oxygen atoms in total. The highest BCUT2D eigenvalue weighted by Crippen LogP contribution is 2.32. The normalized spacial score (nSPS) is 12.2. The van der Waals surface area contributed by atoms with E-state index in [2.05, 4.69) is 0 Å². The summed E-state index contributed by atoms with van der Waals surface area (Å²) in [6.07, 6.45) is 0. The molecule has 0 fully saturated rings. The van der Waals surface area contributed by atoms with Gasteiger partial charge in [0.2, 0.25) is 0 Å². The van der Waals surface area contributed by atoms with Crippen LogP contribution in [0.2, 0.25) is 0 Å². The Morgan fingerprint density at radius 2 is 2.11 bits per heavy atom. The molecule has 1 atom stereocenters. The molecule has 1 aromatic carbocycles. The van der Waals surface area contributed by atoms with Gasteiger partial charge in [-0.1, -0.05) is 12.1 Å². The number of benzene rings is 1. The van der Waals surface area contributed by atoms with Gasteiger partial charge in [-0.05, 0) is 36.1 Å². The van der Waals surface area contributed by atoms with E-state index in [1.54, 1.807) is 18.4 Å². The van der Waals surface area contributed by atoms with Crippen molar-refractivity contribution in [1.82, 2.24) is 0 Å². The third-order valence-corrected chi connectivity index (χ3v) is 3.65. The predicted octanol–water partition coefficient (Wildman–Crippen LogP) is 3.20. The Balaban J connectivity index is 2.29. The van der Waals surface area contributed by atoms with Gasteiger partial charge in [-0.2, -0.15) is 0 Å². The molecule has 1 heterocycles. The second kappa shape index (κ2) is 5.89. The first kappa shape index (κ1) is 12.9. The molecule has 2 N–H and O–H groups in total. The maximum Gasteiger partial charge on any atom is 0.161 e. The quantitative estimate of drug-likeness (QED) is 0.901. The molecule has 0 spiro atoms. The van der Waals surface area contributed by atoms with E-state index in [0.717, 1.165) is 21.9 Å². The van der Waals surface area contributed by atoms with Crippen LogP contribution in [0, 0.1) is 0 Å². The van der Waals surface area contributed by atoms with Crippen LogP contribution in [0.3, 0.4) is 0 Å². The van der Waals surface area contributed by atoms with Crippen molar-refractivity contribution in [2.24, 2.45) is 5.73 Å². The Hall–Kier alpha value is -1.52. The van der Waals surface area contributed by atoms with E-state index in [0.29, 0.717) is 6.61 Å². The zero-order valence-corrected chi connectivity index (χ0v) is 11.4. The van der Waals surface area contributed by atoms with Gasteiger partial charge in [-0.25, -0.2) is 0 Å². The van der Waals surface area contributed by atoms with Crippen molar-refractivity contribution in [2.75, 3.05) is 13.7 Å². The van der Waals surface area contributed by atoms with Crippen molar-refractivity contribution >= 4 is 11.3 Å². The van der Waals surface area contributed by atoms with Crippen LogP contribution in [0.5, 0.6) is 11.5 Å². The van der Waals surface area contributed by atoms with Crippen molar-refractivity contribution in [3.05, 3.63) is 46.2 Å². The van der Waals surface area contributed by atoms with E-state index in [1.807, 2.05) is 42.6 Å². The van der Waals surface area contributed by atoms with Crippen LogP contribution < -0.4 is 15.2 Å². The van der Waals surface area contributed by atoms with Gasteiger partial charge >= 0.3 is 0 Å². The minimum absolute atomic E-state index is 0.116. The molecule has 2 rings (SSSR count). The molecule has 0 radical (unpaired) electrons. The summed E-state index contributed by atoms with van der Waals surface area (Å²) in [5.41, 5.74) is 7.25. The van der Waals surface area contributed by atoms with Gasteiger partial charge in [-0.15, -0.1) is 11.3 Å². The lowest BCUT2D eigenvalue weighted by atomic mass is 10.1. The number of rotatable bonds is 5. The summed E-state index contributed by atoms with van der Waals surface area (Å²) < 4.78 is 10.8. The molecule has 18 heavy (non-hydrogen) atoms. The van der Waals surface area contributed by atoms with Crippen molar-refractivity contribution < 1.29 is 9.47 Å². The average molecular weight is 263 g/mol. The predicted molar refractivity (Wildman–Crippen MR) is 74.5 cm³/mol. The molecule has 0 aliphatic carbocycles. The summed E-state index contributed by atoms with van der Waals surface area (Å²) in [5, 5.41) is 2.03. The molecule has 2 aromatic rings. The molecule has 0 bridgehead atoms. The first-order valence-corrected chi connectivity index (χ1v) is 6.74. The van der Waals surface area contributed by atoms with Crippen molar-refractivity contribution in [2.45, 2.75) is 13.0 Å². The maximum atomic E-state index is 6.22. The van der Waals surface area contributed by atoms with Gasteiger partial charge in [-0.3, -0.25) is 0 Å². The fraction of sp³-hybridized carbons (Fsp3) is 0.286. The van der Waals surface area contributed by atoms with Gasteiger partial charge in [0, 0.05) is 4.88 Å². The fourth-order valence-electron chi connectivity index (χ4n) is 1.78. The van der Waals surface area contributed by atoms with E-state index in [4.69, 9.17) is 15.2 Å². The lowest BCUT2D eigenvalue weighted by Gasteiger charge is -2.14. The summed E-state index contributed by atoms with van der Waals surface area (Å²) in [4.78, 5) is 1.14. The molecule has 0 saturated carbocycles. The summed E-state index contributed by atoms with van der Waals surface area (Å²) in [6.45, 7) is 2.57. The largest absolute Gasteiger partial charge is 0.493 e. The van der Waals surface area contributed by atoms with Crippen LogP contribution in [0.15, 0.2) is 35.7 Å². The smallest absolute Gasteiger partial charge is 0.161 e. The molecule has 96 valence electrons. The Bertz CT molecular complexity index is 497. The van der Waals surface area contributed by atoms with E-state index < -0.39 is 0 Å². The van der Waals surface area contributed by atoms with E-state index in [9.17, 15) is 0 Å². The van der Waals surface area contributed by atoms with Crippen LogP contribution in [0.1, 0.15) is 23.4 Å². The second-order valence-electron chi connectivity index (χ2n) is 3.84. The van der Waals surface area contributed by atoms with Crippen LogP contribution in [0.4, 0.5) is 0 Å². The highest BCUT2D eigenvalue weighted by Gasteiger charge is 2.13. The molecular formula is C14H17NO2S. The van der Waals surface area contributed by atoms with Gasteiger partial charge in [0.25, 0.3) is 0 Å². The molecule has 0 aliphatic rings. The van der Waals surface area contributed by atoms with Gasteiger partial charge in [0.05, 0.1) is 19.8 Å². The number of thiophene rings is 1. The molecule has 0 unspecified atom stereocenters. The van der Waals surface area contributed by atoms with Crippen LogP contribution >= 0.6 is 11.3 Å². The van der Waals surface area contributed by atoms with Crippen molar-refractivity contribution in [3.63, 3.8) is 0 Å². The third kappa shape index (κ3) is 2.66. The Labute approximate surface area is 111 Å². The Kier molecular flexibility index (Phi) is 4.23. The average Bonchev–Trinajstić information content (AvgIpc) is 2.92. The van der Waals surface area contributed by atoms with Gasteiger partial charge < -0.3 is 15.2 Å². The molecule has 0 aliphatic heterocycles. The van der Waals surface area contributed by atoms with E-state index >= 15 is 0 Å². The Morgan fingerprint density at radius 3 is 2.72 bits per heavy atom. The fourth-order valence-corrected chi connectivity index (χ4v) is 2.54. The van der Waals surface area contributed by atoms with E-state index in [1.165, 1.54) is 0 Å². The molecule has 0 amide bonds. The highest BCUT2D eigenvalue weighted by molar-refractivity contribution is 7.10. The van der Waals surface area contributed by atoms with Crippen LogP contribution in [-0.4, -0.2) is 13.7 Å². The molecule has 0 saturated heterocycles. The van der Waals surface area contributed by atoms with Crippen LogP contribution in [0.25, 0.3) is 0 Å². The molecular weight excluding hydrogens is 246 g/mol. The number of hydrogen-bond donors (Lipinski definition) is 1. The van der Waals surface area contributed by atoms with E-state index in [-0.39, 0.29) is 6.04 Å². The van der Waals surface area contributed by atoms with Crippen molar-refractivity contribution in [1.29, 1.82) is 0 Å².